The van der Waals surface area contributed by atoms with Gasteiger partial charge in [-0.25, -0.2) is 0 Å². The van der Waals surface area contributed by atoms with E-state index in [1.165, 1.54) is 0 Å². The van der Waals surface area contributed by atoms with Crippen LogP contribution in [0, 0.1) is 11.8 Å². The lowest BCUT2D eigenvalue weighted by atomic mass is 10.1. The molecule has 0 saturated heterocycles. The predicted octanol–water partition coefficient (Wildman–Crippen LogP) is 1.78. The van der Waals surface area contributed by atoms with Gasteiger partial charge in [-0.05, 0) is 38.1 Å². The largest absolute Gasteiger partial charge is 0.497 e. The Morgan fingerprint density at radius 1 is 1.21 bits per heavy atom. The van der Waals surface area contributed by atoms with Gasteiger partial charge in [0.1, 0.15) is 5.75 Å². The summed E-state index contributed by atoms with van der Waals surface area (Å²) in [5.74, 6) is 6.80. The molecule has 0 aliphatic rings. The topological polar surface area (TPSA) is 35.2 Å². The first-order valence-electron chi connectivity index (χ1n) is 4.47. The van der Waals surface area contributed by atoms with Gasteiger partial charge < -0.3 is 10.5 Å². The number of methoxy groups -OCH3 is 1. The Hall–Kier alpha value is -1.46. The molecule has 0 amide bonds. The Morgan fingerprint density at radius 2 is 1.79 bits per heavy atom. The highest BCUT2D eigenvalue weighted by Gasteiger charge is 2.03. The standard InChI is InChI=1S/C12H15NO/c1-12(2,13)9-8-10-4-6-11(14-3)7-5-10/h4-7H,13H2,1-3H3. The van der Waals surface area contributed by atoms with Gasteiger partial charge in [-0.2, -0.15) is 0 Å². The number of rotatable bonds is 1. The third-order valence-corrected chi connectivity index (χ3v) is 1.62. The molecule has 0 unspecified atom stereocenters. The van der Waals surface area contributed by atoms with Crippen molar-refractivity contribution in [1.82, 2.24) is 0 Å². The van der Waals surface area contributed by atoms with Crippen LogP contribution in [-0.4, -0.2) is 12.6 Å². The molecule has 0 spiro atoms. The summed E-state index contributed by atoms with van der Waals surface area (Å²) in [4.78, 5) is 0. The summed E-state index contributed by atoms with van der Waals surface area (Å²) >= 11 is 0. The quantitative estimate of drug-likeness (QED) is 0.683. The van der Waals surface area contributed by atoms with Crippen LogP contribution in [0.5, 0.6) is 5.75 Å². The average Bonchev–Trinajstić information content (AvgIpc) is 2.14. The Labute approximate surface area is 85.1 Å². The van der Waals surface area contributed by atoms with Gasteiger partial charge in [0.15, 0.2) is 0 Å². The van der Waals surface area contributed by atoms with E-state index in [4.69, 9.17) is 10.5 Å². The van der Waals surface area contributed by atoms with Crippen molar-refractivity contribution in [2.24, 2.45) is 5.73 Å². The monoisotopic (exact) mass is 189 g/mol. The molecule has 0 aliphatic carbocycles. The minimum Gasteiger partial charge on any atom is -0.497 e. The van der Waals surface area contributed by atoms with Gasteiger partial charge in [-0.3, -0.25) is 0 Å². The minimum absolute atomic E-state index is 0.445. The molecule has 14 heavy (non-hydrogen) atoms. The molecule has 2 nitrogen and oxygen atoms in total. The van der Waals surface area contributed by atoms with Gasteiger partial charge >= 0.3 is 0 Å². The predicted molar refractivity (Wildman–Crippen MR) is 58.1 cm³/mol. The maximum atomic E-state index is 5.74. The SMILES string of the molecule is COc1ccc(C#CC(C)(C)N)cc1. The van der Waals surface area contributed by atoms with E-state index in [1.54, 1.807) is 7.11 Å². The zero-order valence-corrected chi connectivity index (χ0v) is 8.79. The van der Waals surface area contributed by atoms with Crippen molar-refractivity contribution in [2.45, 2.75) is 19.4 Å². The second-order valence-electron chi connectivity index (χ2n) is 3.70. The molecule has 0 atom stereocenters. The molecule has 0 saturated carbocycles. The highest BCUT2D eigenvalue weighted by Crippen LogP contribution is 2.10. The fourth-order valence-corrected chi connectivity index (χ4v) is 0.908. The van der Waals surface area contributed by atoms with E-state index in [-0.39, 0.29) is 0 Å². The summed E-state index contributed by atoms with van der Waals surface area (Å²) in [5, 5.41) is 0. The van der Waals surface area contributed by atoms with Crippen molar-refractivity contribution in [1.29, 1.82) is 0 Å². The van der Waals surface area contributed by atoms with E-state index < -0.39 is 5.54 Å². The van der Waals surface area contributed by atoms with E-state index in [0.717, 1.165) is 11.3 Å². The molecule has 0 fully saturated rings. The number of nitrogens with two attached hydrogens (primary N) is 1. The normalized spacial score (nSPS) is 10.3. The summed E-state index contributed by atoms with van der Waals surface area (Å²) < 4.78 is 5.04. The lowest BCUT2D eigenvalue weighted by Crippen LogP contribution is -2.29. The molecule has 0 aromatic heterocycles. The molecule has 1 rings (SSSR count). The number of hydrogen-bond donors (Lipinski definition) is 1. The minimum atomic E-state index is -0.445. The zero-order chi connectivity index (χ0) is 10.6. The molecule has 1 aromatic rings. The smallest absolute Gasteiger partial charge is 0.118 e. The Balaban J connectivity index is 2.82. The Kier molecular flexibility index (Phi) is 3.16. The van der Waals surface area contributed by atoms with Crippen molar-refractivity contribution in [3.8, 4) is 17.6 Å². The van der Waals surface area contributed by atoms with Crippen molar-refractivity contribution in [3.63, 3.8) is 0 Å². The van der Waals surface area contributed by atoms with Crippen LogP contribution in [0.3, 0.4) is 0 Å². The molecular weight excluding hydrogens is 174 g/mol. The van der Waals surface area contributed by atoms with Crippen LogP contribution in [0.15, 0.2) is 24.3 Å². The first-order chi connectivity index (χ1) is 6.51. The molecule has 1 aromatic carbocycles. The van der Waals surface area contributed by atoms with Gasteiger partial charge in [0, 0.05) is 5.56 Å². The van der Waals surface area contributed by atoms with E-state index in [0.29, 0.717) is 0 Å². The van der Waals surface area contributed by atoms with Crippen LogP contribution < -0.4 is 10.5 Å². The maximum Gasteiger partial charge on any atom is 0.118 e. The molecule has 0 heterocycles. The summed E-state index contributed by atoms with van der Waals surface area (Å²) in [7, 11) is 1.64. The molecule has 2 heteroatoms. The highest BCUT2D eigenvalue weighted by molar-refractivity contribution is 5.39. The number of benzene rings is 1. The third kappa shape index (κ3) is 3.51. The van der Waals surface area contributed by atoms with Crippen LogP contribution in [0.2, 0.25) is 0 Å². The van der Waals surface area contributed by atoms with E-state index in [1.807, 2.05) is 38.1 Å². The van der Waals surface area contributed by atoms with Gasteiger partial charge in [-0.15, -0.1) is 0 Å². The molecule has 0 aliphatic heterocycles. The Morgan fingerprint density at radius 3 is 2.21 bits per heavy atom. The average molecular weight is 189 g/mol. The molecule has 74 valence electrons. The number of ether oxygens (including phenoxy) is 1. The van der Waals surface area contributed by atoms with Gasteiger partial charge in [-0.1, -0.05) is 11.8 Å². The first-order valence-corrected chi connectivity index (χ1v) is 4.47. The second kappa shape index (κ2) is 4.17. The van der Waals surface area contributed by atoms with Crippen molar-refractivity contribution < 1.29 is 4.74 Å². The lowest BCUT2D eigenvalue weighted by molar-refractivity contribution is 0.415. The van der Waals surface area contributed by atoms with E-state index in [9.17, 15) is 0 Å². The second-order valence-corrected chi connectivity index (χ2v) is 3.70. The van der Waals surface area contributed by atoms with Crippen LogP contribution in [0.4, 0.5) is 0 Å². The fraction of sp³-hybridized carbons (Fsp3) is 0.333. The van der Waals surface area contributed by atoms with Crippen molar-refractivity contribution in [2.75, 3.05) is 7.11 Å². The van der Waals surface area contributed by atoms with E-state index in [2.05, 4.69) is 11.8 Å². The highest BCUT2D eigenvalue weighted by atomic mass is 16.5. The number of hydrogen-bond acceptors (Lipinski definition) is 2. The van der Waals surface area contributed by atoms with Crippen LogP contribution >= 0.6 is 0 Å². The molecular formula is C12H15NO. The zero-order valence-electron chi connectivity index (χ0n) is 8.79. The van der Waals surface area contributed by atoms with Crippen LogP contribution in [-0.2, 0) is 0 Å². The molecule has 2 N–H and O–H groups in total. The van der Waals surface area contributed by atoms with Crippen LogP contribution in [0.25, 0.3) is 0 Å². The van der Waals surface area contributed by atoms with Gasteiger partial charge in [0.25, 0.3) is 0 Å². The third-order valence-electron chi connectivity index (χ3n) is 1.62. The summed E-state index contributed by atoms with van der Waals surface area (Å²) in [6.07, 6.45) is 0. The van der Waals surface area contributed by atoms with Crippen LogP contribution in [0.1, 0.15) is 19.4 Å². The van der Waals surface area contributed by atoms with E-state index >= 15 is 0 Å². The fourth-order valence-electron chi connectivity index (χ4n) is 0.908. The van der Waals surface area contributed by atoms with Gasteiger partial charge in [0.2, 0.25) is 0 Å². The summed E-state index contributed by atoms with van der Waals surface area (Å²) in [6.45, 7) is 3.76. The Bertz CT molecular complexity index is 349. The summed E-state index contributed by atoms with van der Waals surface area (Å²) in [6, 6.07) is 7.59. The van der Waals surface area contributed by atoms with Crippen molar-refractivity contribution in [3.05, 3.63) is 29.8 Å². The lowest BCUT2D eigenvalue weighted by Gasteiger charge is -2.07. The maximum absolute atomic E-state index is 5.74. The van der Waals surface area contributed by atoms with Crippen molar-refractivity contribution >= 4 is 0 Å². The molecule has 0 bridgehead atoms. The van der Waals surface area contributed by atoms with Gasteiger partial charge in [0.05, 0.1) is 12.6 Å². The first kappa shape index (κ1) is 10.6. The molecule has 0 radical (unpaired) electrons. The summed E-state index contributed by atoms with van der Waals surface area (Å²) in [5.41, 5.74) is 6.25.